The van der Waals surface area contributed by atoms with E-state index in [-0.39, 0.29) is 12.6 Å². The Morgan fingerprint density at radius 2 is 1.89 bits per heavy atom. The molecule has 0 amide bonds. The van der Waals surface area contributed by atoms with Gasteiger partial charge in [0.1, 0.15) is 6.61 Å². The summed E-state index contributed by atoms with van der Waals surface area (Å²) in [4.78, 5) is 11.8. The molecule has 0 saturated heterocycles. The number of esters is 1. The smallest absolute Gasteiger partial charge is 0.338 e. The topological polar surface area (TPSA) is 26.3 Å². The minimum Gasteiger partial charge on any atom is -0.457 e. The van der Waals surface area contributed by atoms with Crippen LogP contribution in [0.15, 0.2) is 48.5 Å². The van der Waals surface area contributed by atoms with Crippen LogP contribution >= 0.6 is 11.6 Å². The SMILES string of the molecule is Cc1ccc(COC(=O)c2cccc(Cl)c2)cc1. The Morgan fingerprint density at radius 3 is 2.56 bits per heavy atom. The number of halogens is 1. The van der Waals surface area contributed by atoms with Crippen molar-refractivity contribution >= 4 is 17.6 Å². The lowest BCUT2D eigenvalue weighted by Gasteiger charge is -2.05. The third-order valence-electron chi connectivity index (χ3n) is 2.55. The van der Waals surface area contributed by atoms with E-state index in [2.05, 4.69) is 0 Å². The van der Waals surface area contributed by atoms with Gasteiger partial charge in [0.25, 0.3) is 0 Å². The Bertz CT molecular complexity index is 547. The molecule has 2 nitrogen and oxygen atoms in total. The molecule has 0 spiro atoms. The minimum absolute atomic E-state index is 0.269. The number of carbonyl (C=O) groups excluding carboxylic acids is 1. The van der Waals surface area contributed by atoms with Crippen LogP contribution in [-0.2, 0) is 11.3 Å². The van der Waals surface area contributed by atoms with Crippen molar-refractivity contribution in [2.75, 3.05) is 0 Å². The monoisotopic (exact) mass is 260 g/mol. The van der Waals surface area contributed by atoms with Gasteiger partial charge in [-0.2, -0.15) is 0 Å². The first-order chi connectivity index (χ1) is 8.65. The third kappa shape index (κ3) is 3.34. The van der Waals surface area contributed by atoms with E-state index in [1.807, 2.05) is 31.2 Å². The lowest BCUT2D eigenvalue weighted by Crippen LogP contribution is -2.05. The van der Waals surface area contributed by atoms with Gasteiger partial charge < -0.3 is 4.74 Å². The van der Waals surface area contributed by atoms with Crippen molar-refractivity contribution in [2.45, 2.75) is 13.5 Å². The first-order valence-corrected chi connectivity index (χ1v) is 6.01. The second-order valence-electron chi connectivity index (χ2n) is 4.07. The Morgan fingerprint density at radius 1 is 1.17 bits per heavy atom. The van der Waals surface area contributed by atoms with Gasteiger partial charge in [0.2, 0.25) is 0 Å². The summed E-state index contributed by atoms with van der Waals surface area (Å²) in [6.07, 6.45) is 0. The lowest BCUT2D eigenvalue weighted by molar-refractivity contribution is 0.0472. The highest BCUT2D eigenvalue weighted by Crippen LogP contribution is 2.12. The lowest BCUT2D eigenvalue weighted by atomic mass is 10.2. The average Bonchev–Trinajstić information content (AvgIpc) is 2.38. The predicted molar refractivity (Wildman–Crippen MR) is 71.8 cm³/mol. The van der Waals surface area contributed by atoms with Gasteiger partial charge in [0.05, 0.1) is 5.56 Å². The number of ether oxygens (including phenoxy) is 1. The number of hydrogen-bond acceptors (Lipinski definition) is 2. The molecule has 0 bridgehead atoms. The van der Waals surface area contributed by atoms with E-state index in [4.69, 9.17) is 16.3 Å². The minimum atomic E-state index is -0.363. The van der Waals surface area contributed by atoms with E-state index in [1.54, 1.807) is 24.3 Å². The van der Waals surface area contributed by atoms with Gasteiger partial charge in [-0.15, -0.1) is 0 Å². The second-order valence-corrected chi connectivity index (χ2v) is 4.51. The molecule has 0 aromatic heterocycles. The largest absolute Gasteiger partial charge is 0.457 e. The molecule has 2 aromatic rings. The van der Waals surface area contributed by atoms with Crippen LogP contribution in [0.4, 0.5) is 0 Å². The van der Waals surface area contributed by atoms with Gasteiger partial charge in [0.15, 0.2) is 0 Å². The standard InChI is InChI=1S/C15H13ClO2/c1-11-5-7-12(8-6-11)10-18-15(17)13-3-2-4-14(16)9-13/h2-9H,10H2,1H3. The van der Waals surface area contributed by atoms with E-state index >= 15 is 0 Å². The molecule has 0 N–H and O–H groups in total. The zero-order valence-electron chi connectivity index (χ0n) is 10.0. The van der Waals surface area contributed by atoms with Gasteiger partial charge >= 0.3 is 5.97 Å². The number of rotatable bonds is 3. The maximum absolute atomic E-state index is 11.8. The average molecular weight is 261 g/mol. The Balaban J connectivity index is 1.98. The predicted octanol–water partition coefficient (Wildman–Crippen LogP) is 4.01. The molecule has 18 heavy (non-hydrogen) atoms. The summed E-state index contributed by atoms with van der Waals surface area (Å²) in [5.41, 5.74) is 2.62. The molecule has 0 fully saturated rings. The van der Waals surface area contributed by atoms with Gasteiger partial charge in [-0.05, 0) is 30.7 Å². The molecule has 0 saturated carbocycles. The molecular weight excluding hydrogens is 248 g/mol. The molecule has 0 atom stereocenters. The maximum Gasteiger partial charge on any atom is 0.338 e. The van der Waals surface area contributed by atoms with Gasteiger partial charge in [-0.3, -0.25) is 0 Å². The van der Waals surface area contributed by atoms with Crippen molar-refractivity contribution in [1.82, 2.24) is 0 Å². The fourth-order valence-electron chi connectivity index (χ4n) is 1.53. The molecule has 0 aliphatic heterocycles. The zero-order valence-corrected chi connectivity index (χ0v) is 10.8. The summed E-state index contributed by atoms with van der Waals surface area (Å²) < 4.78 is 5.21. The molecule has 92 valence electrons. The molecule has 2 rings (SSSR count). The first kappa shape index (κ1) is 12.7. The number of aryl methyl sites for hydroxylation is 1. The van der Waals surface area contributed by atoms with Gasteiger partial charge in [0, 0.05) is 5.02 Å². The van der Waals surface area contributed by atoms with Gasteiger partial charge in [-0.1, -0.05) is 47.5 Å². The summed E-state index contributed by atoms with van der Waals surface area (Å²) >= 11 is 5.82. The summed E-state index contributed by atoms with van der Waals surface area (Å²) in [5, 5.41) is 0.528. The van der Waals surface area contributed by atoms with Gasteiger partial charge in [-0.25, -0.2) is 4.79 Å². The van der Waals surface area contributed by atoms with Crippen LogP contribution in [0.3, 0.4) is 0 Å². The van der Waals surface area contributed by atoms with Crippen molar-refractivity contribution in [3.8, 4) is 0 Å². The van der Waals surface area contributed by atoms with Crippen LogP contribution in [0.5, 0.6) is 0 Å². The molecule has 2 aromatic carbocycles. The molecular formula is C15H13ClO2. The van der Waals surface area contributed by atoms with E-state index in [0.717, 1.165) is 5.56 Å². The molecule has 0 unspecified atom stereocenters. The summed E-state index contributed by atoms with van der Waals surface area (Å²) in [6, 6.07) is 14.6. The van der Waals surface area contributed by atoms with E-state index in [1.165, 1.54) is 5.56 Å². The number of benzene rings is 2. The van der Waals surface area contributed by atoms with Crippen molar-refractivity contribution in [2.24, 2.45) is 0 Å². The Labute approximate surface area is 111 Å². The van der Waals surface area contributed by atoms with Crippen LogP contribution in [-0.4, -0.2) is 5.97 Å². The van der Waals surface area contributed by atoms with Crippen LogP contribution in [0.25, 0.3) is 0 Å². The van der Waals surface area contributed by atoms with E-state index < -0.39 is 0 Å². The molecule has 3 heteroatoms. The highest BCUT2D eigenvalue weighted by Gasteiger charge is 2.07. The van der Waals surface area contributed by atoms with Crippen LogP contribution in [0, 0.1) is 6.92 Å². The third-order valence-corrected chi connectivity index (χ3v) is 2.79. The van der Waals surface area contributed by atoms with Crippen LogP contribution < -0.4 is 0 Å². The number of hydrogen-bond donors (Lipinski definition) is 0. The summed E-state index contributed by atoms with van der Waals surface area (Å²) in [7, 11) is 0. The summed E-state index contributed by atoms with van der Waals surface area (Å²) in [6.45, 7) is 2.29. The second kappa shape index (κ2) is 5.69. The quantitative estimate of drug-likeness (QED) is 0.780. The zero-order chi connectivity index (χ0) is 13.0. The van der Waals surface area contributed by atoms with Crippen LogP contribution in [0.2, 0.25) is 5.02 Å². The van der Waals surface area contributed by atoms with Crippen molar-refractivity contribution in [3.63, 3.8) is 0 Å². The Hall–Kier alpha value is -1.80. The highest BCUT2D eigenvalue weighted by atomic mass is 35.5. The maximum atomic E-state index is 11.8. The highest BCUT2D eigenvalue weighted by molar-refractivity contribution is 6.30. The van der Waals surface area contributed by atoms with Crippen molar-refractivity contribution in [1.29, 1.82) is 0 Å². The molecule has 0 radical (unpaired) electrons. The van der Waals surface area contributed by atoms with Crippen molar-refractivity contribution in [3.05, 3.63) is 70.2 Å². The van der Waals surface area contributed by atoms with E-state index in [9.17, 15) is 4.79 Å². The molecule has 0 aliphatic carbocycles. The molecule has 0 aliphatic rings. The Kier molecular flexibility index (Phi) is 4.00. The fourth-order valence-corrected chi connectivity index (χ4v) is 1.72. The van der Waals surface area contributed by atoms with E-state index in [0.29, 0.717) is 10.6 Å². The normalized spacial score (nSPS) is 10.1. The summed E-state index contributed by atoms with van der Waals surface area (Å²) in [5.74, 6) is -0.363. The van der Waals surface area contributed by atoms with Crippen molar-refractivity contribution < 1.29 is 9.53 Å². The fraction of sp³-hybridized carbons (Fsp3) is 0.133. The van der Waals surface area contributed by atoms with Crippen LogP contribution in [0.1, 0.15) is 21.5 Å². The first-order valence-electron chi connectivity index (χ1n) is 5.63. The number of carbonyl (C=O) groups is 1. The molecule has 0 heterocycles.